The van der Waals surface area contributed by atoms with Gasteiger partial charge in [0.25, 0.3) is 10.2 Å². The minimum Gasteiger partial charge on any atom is -0.478 e. The first-order chi connectivity index (χ1) is 17.7. The van der Waals surface area contributed by atoms with Crippen LogP contribution in [0.2, 0.25) is 0 Å². The van der Waals surface area contributed by atoms with Crippen LogP contribution < -0.4 is 10.5 Å². The number of hydrogen-bond acceptors (Lipinski definition) is 5. The number of aromatic nitrogens is 1. The van der Waals surface area contributed by atoms with Crippen molar-refractivity contribution < 1.29 is 27.5 Å². The van der Waals surface area contributed by atoms with Crippen molar-refractivity contribution in [2.75, 3.05) is 20.1 Å². The van der Waals surface area contributed by atoms with Crippen molar-refractivity contribution in [2.45, 2.75) is 57.4 Å². The third-order valence-electron chi connectivity index (χ3n) is 7.12. The normalized spacial score (nSPS) is 14.9. The summed E-state index contributed by atoms with van der Waals surface area (Å²) in [6.07, 6.45) is 9.96. The van der Waals surface area contributed by atoms with Gasteiger partial charge in [-0.15, -0.1) is 0 Å². The van der Waals surface area contributed by atoms with Gasteiger partial charge in [0.15, 0.2) is 0 Å². The van der Waals surface area contributed by atoms with Crippen molar-refractivity contribution >= 4 is 33.0 Å². The van der Waals surface area contributed by atoms with Crippen LogP contribution in [0.5, 0.6) is 0 Å². The lowest BCUT2D eigenvalue weighted by Gasteiger charge is -2.23. The lowest BCUT2D eigenvalue weighted by atomic mass is 9.82. The Morgan fingerprint density at radius 1 is 1.19 bits per heavy atom. The Kier molecular flexibility index (Phi) is 8.35. The topological polar surface area (TPSA) is 148 Å². The Labute approximate surface area is 216 Å². The minimum atomic E-state index is -3.72. The molecule has 1 fully saturated rings. The number of furan rings is 1. The number of carboxylic acid groups (broad SMARTS) is 1. The van der Waals surface area contributed by atoms with E-state index in [1.807, 2.05) is 16.7 Å². The van der Waals surface area contributed by atoms with Gasteiger partial charge in [0.2, 0.25) is 5.91 Å². The van der Waals surface area contributed by atoms with Crippen LogP contribution in [0.15, 0.2) is 41.2 Å². The van der Waals surface area contributed by atoms with E-state index in [0.717, 1.165) is 52.2 Å². The molecule has 37 heavy (non-hydrogen) atoms. The smallest absolute Gasteiger partial charge is 0.335 e. The average molecular weight is 531 g/mol. The zero-order chi connectivity index (χ0) is 26.6. The lowest BCUT2D eigenvalue weighted by Crippen LogP contribution is -2.34. The molecular formula is C26H34N4O6S. The first kappa shape index (κ1) is 26.9. The van der Waals surface area contributed by atoms with Crippen molar-refractivity contribution in [1.82, 2.24) is 14.2 Å². The SMILES string of the molecule is CN(CCCCNC(=O)Cn1c(-c2ccoc2)c(C2CCCCC2)c2ccc(C(=O)O)cc21)S(N)(=O)=O. The Balaban J connectivity index is 1.62. The molecule has 0 saturated heterocycles. The second kappa shape index (κ2) is 11.5. The van der Waals surface area contributed by atoms with Crippen molar-refractivity contribution in [3.05, 3.63) is 47.9 Å². The van der Waals surface area contributed by atoms with Crippen LogP contribution in [0.4, 0.5) is 0 Å². The van der Waals surface area contributed by atoms with Gasteiger partial charge in [-0.05, 0) is 55.4 Å². The molecular weight excluding hydrogens is 496 g/mol. The second-order valence-corrected chi connectivity index (χ2v) is 11.3. The third kappa shape index (κ3) is 6.23. The van der Waals surface area contributed by atoms with Gasteiger partial charge in [-0.3, -0.25) is 4.79 Å². The predicted octanol–water partition coefficient (Wildman–Crippen LogP) is 3.68. The van der Waals surface area contributed by atoms with E-state index in [2.05, 4.69) is 5.32 Å². The monoisotopic (exact) mass is 530 g/mol. The summed E-state index contributed by atoms with van der Waals surface area (Å²) in [4.78, 5) is 24.8. The number of nitrogens with one attached hydrogen (secondary N) is 1. The molecule has 11 heteroatoms. The fourth-order valence-electron chi connectivity index (χ4n) is 5.20. The molecule has 2 heterocycles. The molecule has 0 bridgehead atoms. The maximum atomic E-state index is 13.0. The summed E-state index contributed by atoms with van der Waals surface area (Å²) >= 11 is 0. The lowest BCUT2D eigenvalue weighted by molar-refractivity contribution is -0.121. The van der Waals surface area contributed by atoms with E-state index < -0.39 is 16.2 Å². The molecule has 4 N–H and O–H groups in total. The highest BCUT2D eigenvalue weighted by molar-refractivity contribution is 7.86. The van der Waals surface area contributed by atoms with Crippen molar-refractivity contribution in [2.24, 2.45) is 5.14 Å². The zero-order valence-electron chi connectivity index (χ0n) is 21.0. The molecule has 0 unspecified atom stereocenters. The Morgan fingerprint density at radius 3 is 2.59 bits per heavy atom. The number of amides is 1. The maximum absolute atomic E-state index is 13.0. The van der Waals surface area contributed by atoms with Crippen molar-refractivity contribution in [1.29, 1.82) is 0 Å². The van der Waals surface area contributed by atoms with Gasteiger partial charge < -0.3 is 19.4 Å². The number of nitrogens with zero attached hydrogens (tertiary/aromatic N) is 2. The van der Waals surface area contributed by atoms with E-state index in [1.54, 1.807) is 24.7 Å². The van der Waals surface area contributed by atoms with Gasteiger partial charge in [0.05, 0.1) is 29.3 Å². The number of carbonyl (C=O) groups excluding carboxylic acids is 1. The number of carboxylic acids is 1. The number of carbonyl (C=O) groups is 2. The predicted molar refractivity (Wildman–Crippen MR) is 140 cm³/mol. The first-order valence-electron chi connectivity index (χ1n) is 12.6. The summed E-state index contributed by atoms with van der Waals surface area (Å²) in [6.45, 7) is 0.668. The summed E-state index contributed by atoms with van der Waals surface area (Å²) in [5, 5.41) is 18.6. The molecule has 0 atom stereocenters. The number of hydrogen-bond donors (Lipinski definition) is 3. The molecule has 3 aromatic rings. The third-order valence-corrected chi connectivity index (χ3v) is 8.17. The molecule has 1 aromatic carbocycles. The number of aromatic carboxylic acids is 1. The molecule has 200 valence electrons. The van der Waals surface area contributed by atoms with Crippen molar-refractivity contribution in [3.8, 4) is 11.3 Å². The van der Waals surface area contributed by atoms with Crippen molar-refractivity contribution in [3.63, 3.8) is 0 Å². The molecule has 0 spiro atoms. The largest absolute Gasteiger partial charge is 0.478 e. The van der Waals surface area contributed by atoms with Gasteiger partial charge in [-0.1, -0.05) is 25.3 Å². The number of benzene rings is 1. The van der Waals surface area contributed by atoms with E-state index in [0.29, 0.717) is 30.8 Å². The summed E-state index contributed by atoms with van der Waals surface area (Å²) in [5.41, 5.74) is 3.77. The fourth-order valence-corrected chi connectivity index (χ4v) is 5.59. The van der Waals surface area contributed by atoms with Gasteiger partial charge in [-0.2, -0.15) is 12.7 Å². The Bertz CT molecular complexity index is 1360. The van der Waals surface area contributed by atoms with Gasteiger partial charge in [0, 0.05) is 31.1 Å². The summed E-state index contributed by atoms with van der Waals surface area (Å²) in [6, 6.07) is 7.00. The Morgan fingerprint density at radius 2 is 1.95 bits per heavy atom. The maximum Gasteiger partial charge on any atom is 0.335 e. The fraction of sp³-hybridized carbons (Fsp3) is 0.462. The van der Waals surface area contributed by atoms with Crippen LogP contribution in [0, 0.1) is 0 Å². The van der Waals surface area contributed by atoms with Crippen LogP contribution in [0.1, 0.15) is 66.8 Å². The highest BCUT2D eigenvalue weighted by Gasteiger charge is 2.28. The summed E-state index contributed by atoms with van der Waals surface area (Å²) in [5.74, 6) is -0.915. The molecule has 4 rings (SSSR count). The van der Waals surface area contributed by atoms with Crippen LogP contribution in [0.3, 0.4) is 0 Å². The van der Waals surface area contributed by atoms with Gasteiger partial charge in [0.1, 0.15) is 6.54 Å². The molecule has 0 aliphatic heterocycles. The summed E-state index contributed by atoms with van der Waals surface area (Å²) in [7, 11) is -2.30. The molecule has 1 aliphatic rings. The highest BCUT2D eigenvalue weighted by Crippen LogP contribution is 2.44. The van der Waals surface area contributed by atoms with E-state index in [9.17, 15) is 23.1 Å². The van der Waals surface area contributed by atoms with E-state index >= 15 is 0 Å². The van der Waals surface area contributed by atoms with E-state index in [-0.39, 0.29) is 24.6 Å². The first-order valence-corrected chi connectivity index (χ1v) is 14.1. The second-order valence-electron chi connectivity index (χ2n) is 9.66. The number of rotatable bonds is 11. The van der Waals surface area contributed by atoms with Crippen LogP contribution in [0.25, 0.3) is 22.2 Å². The standard InChI is InChI=1S/C26H34N4O6S/c1-29(37(27,34)35)13-6-5-12-28-23(31)16-30-22-15-19(26(32)33)9-10-21(22)24(18-7-3-2-4-8-18)25(30)20-11-14-36-17-20/h9-11,14-15,17-18H,2-8,12-13,16H2,1H3,(H,28,31)(H,32,33)(H2,27,34,35). The van der Waals surface area contributed by atoms with Crippen LogP contribution in [-0.4, -0.2) is 54.4 Å². The average Bonchev–Trinajstić information content (AvgIpc) is 3.49. The zero-order valence-corrected chi connectivity index (χ0v) is 21.8. The molecule has 1 saturated carbocycles. The molecule has 10 nitrogen and oxygen atoms in total. The Hall–Kier alpha value is -3.15. The molecule has 1 aliphatic carbocycles. The number of unbranched alkanes of at least 4 members (excludes halogenated alkanes) is 1. The minimum absolute atomic E-state index is 0.0177. The van der Waals surface area contributed by atoms with E-state index in [1.165, 1.54) is 13.5 Å². The number of fused-ring (bicyclic) bond motifs is 1. The van der Waals surface area contributed by atoms with E-state index in [4.69, 9.17) is 9.56 Å². The quantitative estimate of drug-likeness (QED) is 0.322. The summed E-state index contributed by atoms with van der Waals surface area (Å²) < 4.78 is 31.0. The van der Waals surface area contributed by atoms with Crippen LogP contribution >= 0.6 is 0 Å². The van der Waals surface area contributed by atoms with Gasteiger partial charge >= 0.3 is 5.97 Å². The molecule has 2 aromatic heterocycles. The van der Waals surface area contributed by atoms with Crippen LogP contribution in [-0.2, 0) is 21.5 Å². The molecule has 1 amide bonds. The highest BCUT2D eigenvalue weighted by atomic mass is 32.2. The molecule has 0 radical (unpaired) electrons. The van der Waals surface area contributed by atoms with Gasteiger partial charge in [-0.25, -0.2) is 9.93 Å². The number of nitrogens with two attached hydrogens (primary N) is 1.